The highest BCUT2D eigenvalue weighted by Gasteiger charge is 1.93. The summed E-state index contributed by atoms with van der Waals surface area (Å²) in [6, 6.07) is 2.05. The molecule has 1 aromatic heterocycles. The highest BCUT2D eigenvalue weighted by molar-refractivity contribution is 8.13. The molecule has 13 heavy (non-hydrogen) atoms. The van der Waals surface area contributed by atoms with Gasteiger partial charge in [0.15, 0.2) is 5.12 Å². The summed E-state index contributed by atoms with van der Waals surface area (Å²) in [6.45, 7) is 3.60. The second kappa shape index (κ2) is 5.11. The van der Waals surface area contributed by atoms with Gasteiger partial charge in [0, 0.05) is 6.92 Å². The van der Waals surface area contributed by atoms with Crippen molar-refractivity contribution < 1.29 is 4.79 Å². The Morgan fingerprint density at radius 2 is 2.46 bits per heavy atom. The van der Waals surface area contributed by atoms with E-state index in [-0.39, 0.29) is 5.12 Å². The van der Waals surface area contributed by atoms with E-state index in [1.165, 1.54) is 17.3 Å². The maximum absolute atomic E-state index is 10.6. The Morgan fingerprint density at radius 3 is 3.00 bits per heavy atom. The first kappa shape index (κ1) is 10.4. The van der Waals surface area contributed by atoms with Gasteiger partial charge in [0.1, 0.15) is 0 Å². The molecule has 0 saturated heterocycles. The number of thioether (sulfide) groups is 1. The first-order valence-electron chi connectivity index (χ1n) is 3.86. The quantitative estimate of drug-likeness (QED) is 0.663. The van der Waals surface area contributed by atoms with E-state index < -0.39 is 0 Å². The fourth-order valence-corrected chi connectivity index (χ4v) is 1.90. The summed E-state index contributed by atoms with van der Waals surface area (Å²) < 4.78 is 0. The van der Waals surface area contributed by atoms with Crippen LogP contribution in [-0.2, 0) is 4.79 Å². The molecule has 0 saturated carbocycles. The molecule has 68 valence electrons. The molecule has 0 bridgehead atoms. The number of aryl methyl sites for hydroxylation is 1. The van der Waals surface area contributed by atoms with Crippen molar-refractivity contribution in [3.05, 3.63) is 21.9 Å². The summed E-state index contributed by atoms with van der Waals surface area (Å²) in [6.07, 6.45) is 0. The molecule has 1 heterocycles. The molecule has 3 heteroatoms. The van der Waals surface area contributed by atoms with E-state index in [1.54, 1.807) is 18.3 Å². The van der Waals surface area contributed by atoms with Crippen LogP contribution < -0.4 is 0 Å². The summed E-state index contributed by atoms with van der Waals surface area (Å²) in [4.78, 5) is 11.7. The molecule has 1 rings (SSSR count). The van der Waals surface area contributed by atoms with Crippen LogP contribution in [0.1, 0.15) is 17.4 Å². The second-order valence-corrected chi connectivity index (χ2v) is 4.58. The molecule has 0 aliphatic heterocycles. The Balaban J connectivity index is 2.49. The normalized spacial score (nSPS) is 9.08. The van der Waals surface area contributed by atoms with Gasteiger partial charge in [-0.25, -0.2) is 0 Å². The molecule has 0 fully saturated rings. The van der Waals surface area contributed by atoms with Crippen molar-refractivity contribution >= 4 is 28.2 Å². The number of hydrogen-bond donors (Lipinski definition) is 0. The van der Waals surface area contributed by atoms with Crippen LogP contribution in [0.4, 0.5) is 0 Å². The molecule has 0 N–H and O–H groups in total. The monoisotopic (exact) mass is 210 g/mol. The minimum atomic E-state index is 0.122. The van der Waals surface area contributed by atoms with Gasteiger partial charge < -0.3 is 0 Å². The van der Waals surface area contributed by atoms with Crippen LogP contribution in [0.5, 0.6) is 0 Å². The van der Waals surface area contributed by atoms with Crippen molar-refractivity contribution in [2.45, 2.75) is 13.8 Å². The average molecular weight is 210 g/mol. The molecule has 0 atom stereocenters. The third-order valence-electron chi connectivity index (χ3n) is 1.41. The zero-order valence-corrected chi connectivity index (χ0v) is 9.22. The lowest BCUT2D eigenvalue weighted by Crippen LogP contribution is -1.82. The van der Waals surface area contributed by atoms with Crippen LogP contribution in [0.3, 0.4) is 0 Å². The van der Waals surface area contributed by atoms with Crippen molar-refractivity contribution in [2.24, 2.45) is 0 Å². The van der Waals surface area contributed by atoms with E-state index in [4.69, 9.17) is 0 Å². The Hall–Kier alpha value is -0.720. The topological polar surface area (TPSA) is 17.1 Å². The largest absolute Gasteiger partial charge is 0.288 e. The summed E-state index contributed by atoms with van der Waals surface area (Å²) in [5.41, 5.74) is 1.21. The van der Waals surface area contributed by atoms with Gasteiger partial charge in [-0.15, -0.1) is 11.3 Å². The van der Waals surface area contributed by atoms with Crippen LogP contribution >= 0.6 is 23.1 Å². The average Bonchev–Trinajstić information content (AvgIpc) is 2.45. The molecule has 0 spiro atoms. The third kappa shape index (κ3) is 3.67. The summed E-state index contributed by atoms with van der Waals surface area (Å²) >= 11 is 2.89. The minimum Gasteiger partial charge on any atom is -0.288 e. The highest BCUT2D eigenvalue weighted by Crippen LogP contribution is 2.13. The summed E-state index contributed by atoms with van der Waals surface area (Å²) in [5.74, 6) is 6.60. The molecule has 0 radical (unpaired) electrons. The van der Waals surface area contributed by atoms with E-state index >= 15 is 0 Å². The number of carbonyl (C=O) groups excluding carboxylic acids is 1. The van der Waals surface area contributed by atoms with Crippen molar-refractivity contribution in [2.75, 3.05) is 5.75 Å². The third-order valence-corrected chi connectivity index (χ3v) is 3.04. The molecule has 0 aliphatic rings. The lowest BCUT2D eigenvalue weighted by molar-refractivity contribution is -0.109. The number of rotatable bonds is 1. The number of thiophene rings is 1. The van der Waals surface area contributed by atoms with E-state index in [9.17, 15) is 4.79 Å². The molecule has 0 unspecified atom stereocenters. The van der Waals surface area contributed by atoms with E-state index in [2.05, 4.69) is 11.8 Å². The van der Waals surface area contributed by atoms with Gasteiger partial charge in [-0.2, -0.15) is 0 Å². The van der Waals surface area contributed by atoms with E-state index in [0.717, 1.165) is 4.88 Å². The van der Waals surface area contributed by atoms with Gasteiger partial charge in [0.05, 0.1) is 10.6 Å². The van der Waals surface area contributed by atoms with E-state index in [1.807, 2.05) is 18.4 Å². The van der Waals surface area contributed by atoms with Crippen LogP contribution in [0.2, 0.25) is 0 Å². The first-order valence-corrected chi connectivity index (χ1v) is 5.73. The molecule has 1 nitrogen and oxygen atoms in total. The van der Waals surface area contributed by atoms with Gasteiger partial charge in [0.2, 0.25) is 0 Å². The molecular formula is C10H10OS2. The molecule has 0 aromatic carbocycles. The Kier molecular flexibility index (Phi) is 4.07. The van der Waals surface area contributed by atoms with Gasteiger partial charge in [0.25, 0.3) is 0 Å². The van der Waals surface area contributed by atoms with Gasteiger partial charge in [-0.1, -0.05) is 23.6 Å². The summed E-state index contributed by atoms with van der Waals surface area (Å²) in [7, 11) is 0. The van der Waals surface area contributed by atoms with Crippen molar-refractivity contribution in [3.63, 3.8) is 0 Å². The highest BCUT2D eigenvalue weighted by atomic mass is 32.2. The predicted molar refractivity (Wildman–Crippen MR) is 59.1 cm³/mol. The van der Waals surface area contributed by atoms with Crippen LogP contribution in [0, 0.1) is 18.8 Å². The van der Waals surface area contributed by atoms with E-state index in [0.29, 0.717) is 5.75 Å². The maximum atomic E-state index is 10.6. The van der Waals surface area contributed by atoms with Crippen molar-refractivity contribution in [1.29, 1.82) is 0 Å². The van der Waals surface area contributed by atoms with Crippen molar-refractivity contribution in [1.82, 2.24) is 0 Å². The standard InChI is InChI=1S/C10H10OS2/c1-8-5-7-13-10(8)4-3-6-12-9(2)11/h5,7H,6H2,1-2H3. The second-order valence-electron chi connectivity index (χ2n) is 2.51. The van der Waals surface area contributed by atoms with Crippen LogP contribution in [0.25, 0.3) is 0 Å². The molecular weight excluding hydrogens is 200 g/mol. The zero-order valence-electron chi connectivity index (χ0n) is 7.59. The van der Waals surface area contributed by atoms with Crippen LogP contribution in [0.15, 0.2) is 11.4 Å². The summed E-state index contributed by atoms with van der Waals surface area (Å²) in [5, 5.41) is 2.15. The van der Waals surface area contributed by atoms with Gasteiger partial charge >= 0.3 is 0 Å². The number of hydrogen-bond acceptors (Lipinski definition) is 3. The van der Waals surface area contributed by atoms with Crippen molar-refractivity contribution in [3.8, 4) is 11.8 Å². The van der Waals surface area contributed by atoms with Gasteiger partial charge in [-0.3, -0.25) is 4.79 Å². The fraction of sp³-hybridized carbons (Fsp3) is 0.300. The molecule has 0 aliphatic carbocycles. The minimum absolute atomic E-state index is 0.122. The first-order chi connectivity index (χ1) is 6.20. The van der Waals surface area contributed by atoms with Crippen LogP contribution in [-0.4, -0.2) is 10.9 Å². The zero-order chi connectivity index (χ0) is 9.68. The lowest BCUT2D eigenvalue weighted by Gasteiger charge is -1.85. The lowest BCUT2D eigenvalue weighted by atomic mass is 10.3. The number of carbonyl (C=O) groups is 1. The smallest absolute Gasteiger partial charge is 0.186 e. The Bertz CT molecular complexity index is 354. The molecule has 0 amide bonds. The Labute approximate surface area is 86.5 Å². The predicted octanol–water partition coefficient (Wildman–Crippen LogP) is 2.69. The van der Waals surface area contributed by atoms with Gasteiger partial charge in [-0.05, 0) is 23.9 Å². The molecule has 1 aromatic rings. The maximum Gasteiger partial charge on any atom is 0.186 e. The Morgan fingerprint density at radius 1 is 1.69 bits per heavy atom. The SMILES string of the molecule is CC(=O)SCC#Cc1sccc1C. The fourth-order valence-electron chi connectivity index (χ4n) is 0.755.